The number of hydrogen-bond acceptors (Lipinski definition) is 27. The Morgan fingerprint density at radius 1 is 0.616 bits per heavy atom. The number of rotatable bonds is 14. The highest BCUT2D eigenvalue weighted by molar-refractivity contribution is 9.12. The number of aromatic nitrogens is 12. The first-order chi connectivity index (χ1) is 47.3. The molecule has 12 heterocycles. The van der Waals surface area contributed by atoms with Crippen LogP contribution >= 0.6 is 168 Å². The first kappa shape index (κ1) is 79.3. The number of unbranched alkanes of at least 4 members (excludes halogenated alkanes) is 1. The molecule has 0 aliphatic carbocycles. The topological polar surface area (TPSA) is 338 Å². The number of hydrogen-bond donors (Lipinski definition) is 4. The van der Waals surface area contributed by atoms with Gasteiger partial charge in [-0.05, 0) is 191 Å². The number of pyridine rings is 7. The van der Waals surface area contributed by atoms with E-state index in [-0.39, 0.29) is 35.5 Å². The fourth-order valence-corrected chi connectivity index (χ4v) is 14.5. The van der Waals surface area contributed by atoms with Crippen molar-refractivity contribution in [3.63, 3.8) is 0 Å². The van der Waals surface area contributed by atoms with Gasteiger partial charge in [0, 0.05) is 32.1 Å². The Bertz CT molecular complexity index is 4870. The predicted octanol–water partition coefficient (Wildman–Crippen LogP) is 20.1. The van der Waals surface area contributed by atoms with Crippen LogP contribution in [0.1, 0.15) is 80.9 Å². The van der Waals surface area contributed by atoms with Crippen LogP contribution in [-0.4, -0.2) is 101 Å². The second kappa shape index (κ2) is 39.3. The molecule has 0 aliphatic heterocycles. The number of nitrogens with one attached hydrogen (secondary N) is 2. The number of carboxylic acid groups (broad SMARTS) is 1. The van der Waals surface area contributed by atoms with Gasteiger partial charge < -0.3 is 20.9 Å². The van der Waals surface area contributed by atoms with Crippen molar-refractivity contribution in [3.8, 4) is 0 Å². The van der Waals surface area contributed by atoms with E-state index in [9.17, 15) is 37.7 Å². The molecular formula is C60H46Br7F3N16O8S5. The molecule has 0 radical (unpaired) electrons. The molecule has 1 aromatic carbocycles. The van der Waals surface area contributed by atoms with Gasteiger partial charge in [0.25, 0.3) is 0 Å². The van der Waals surface area contributed by atoms with Crippen LogP contribution in [0.25, 0.3) is 40.9 Å². The van der Waals surface area contributed by atoms with Crippen LogP contribution < -0.4 is 16.5 Å². The number of nitrogen functional groups attached to an aromatic ring is 1. The summed E-state index contributed by atoms with van der Waals surface area (Å²) in [7, 11) is 1.55. The number of benzene rings is 1. The van der Waals surface area contributed by atoms with E-state index >= 15 is 0 Å². The first-order valence-electron chi connectivity index (χ1n) is 27.7. The minimum absolute atomic E-state index is 0.0341. The number of thiazole rings is 5. The molecule has 24 nitrogen and oxygen atoms in total. The van der Waals surface area contributed by atoms with Gasteiger partial charge in [0.1, 0.15) is 41.7 Å². The summed E-state index contributed by atoms with van der Waals surface area (Å²) in [5.41, 5.74) is 20.4. The van der Waals surface area contributed by atoms with Crippen molar-refractivity contribution in [2.75, 3.05) is 30.2 Å². The van der Waals surface area contributed by atoms with E-state index in [0.717, 1.165) is 94.5 Å². The molecule has 13 aromatic rings. The number of halogens is 10. The summed E-state index contributed by atoms with van der Waals surface area (Å²) in [6.07, 6.45) is 10.3. The molecule has 0 amide bonds. The van der Waals surface area contributed by atoms with E-state index in [0.29, 0.717) is 43.6 Å². The number of ether oxygens (including phenoxy) is 1. The van der Waals surface area contributed by atoms with Gasteiger partial charge in [0.15, 0.2) is 10.9 Å². The van der Waals surface area contributed by atoms with Crippen LogP contribution in [-0.2, 0) is 15.8 Å². The SMILES string of the molecule is Brc1cc2scnc2cn1.CC(CC(=O)c1cc2scnc2cn1)c1cnc(Nc2ccc(C(F)(F)F)cc2)s1.CCCCOC(=O)c1cc2scnc2cn1.CONc1cnc(Br)cc1Br.Nc1cnc(Br)cc1Br.O=C(O)c1cc2scnc2cn1.O=[N+]([O-])c1cnc(Br)cc1Br. The highest BCUT2D eigenvalue weighted by atomic mass is 79.9. The normalized spacial score (nSPS) is 10.9. The number of nitrogens with two attached hydrogens (primary N) is 1. The molecule has 0 bridgehead atoms. The van der Waals surface area contributed by atoms with Crippen LogP contribution in [0.4, 0.5) is 41.1 Å². The summed E-state index contributed by atoms with van der Waals surface area (Å²) >= 11 is 29.8. The maximum atomic E-state index is 12.7. The Morgan fingerprint density at radius 2 is 1.09 bits per heavy atom. The Hall–Kier alpha value is -7.02. The summed E-state index contributed by atoms with van der Waals surface area (Å²) in [6.45, 7) is 4.44. The largest absolute Gasteiger partial charge is 0.477 e. The highest BCUT2D eigenvalue weighted by Gasteiger charge is 2.30. The van der Waals surface area contributed by atoms with Gasteiger partial charge in [0.2, 0.25) is 0 Å². The summed E-state index contributed by atoms with van der Waals surface area (Å²) < 4.78 is 52.1. The zero-order chi connectivity index (χ0) is 71.8. The Labute approximate surface area is 638 Å². The third-order valence-corrected chi connectivity index (χ3v) is 20.1. The fourth-order valence-electron chi connectivity index (χ4n) is 7.25. The van der Waals surface area contributed by atoms with Gasteiger partial charge in [0.05, 0.1) is 140 Å². The minimum atomic E-state index is -4.37. The molecule has 39 heteroatoms. The maximum Gasteiger partial charge on any atom is 0.416 e. The molecule has 0 aliphatic rings. The van der Waals surface area contributed by atoms with Crippen molar-refractivity contribution in [1.29, 1.82) is 0 Å². The molecule has 0 saturated carbocycles. The quantitative estimate of drug-likeness (QED) is 0.0196. The molecule has 514 valence electrons. The number of nitro groups is 1. The lowest BCUT2D eigenvalue weighted by Crippen LogP contribution is -2.07. The van der Waals surface area contributed by atoms with Crippen molar-refractivity contribution >= 4 is 255 Å². The number of nitrogens with zero attached hydrogens (tertiary/aromatic N) is 13. The molecule has 1 unspecified atom stereocenters. The number of anilines is 4. The molecule has 13 rings (SSSR count). The molecule has 5 N–H and O–H groups in total. The van der Waals surface area contributed by atoms with E-state index in [4.69, 9.17) is 20.4 Å². The summed E-state index contributed by atoms with van der Waals surface area (Å²) in [5, 5.41) is 22.4. The highest BCUT2D eigenvalue weighted by Crippen LogP contribution is 2.34. The second-order valence-corrected chi connectivity index (χ2v) is 29.5. The lowest BCUT2D eigenvalue weighted by atomic mass is 10.0. The maximum absolute atomic E-state index is 12.7. The van der Waals surface area contributed by atoms with Crippen LogP contribution in [0.5, 0.6) is 0 Å². The second-order valence-electron chi connectivity index (χ2n) is 19.1. The number of alkyl halides is 3. The van der Waals surface area contributed by atoms with Crippen molar-refractivity contribution in [1.82, 2.24) is 59.8 Å². The molecular weight excluding hydrogens is 1850 g/mol. The number of carboxylic acids is 1. The predicted molar refractivity (Wildman–Crippen MR) is 404 cm³/mol. The monoisotopic (exact) mass is 1890 g/mol. The minimum Gasteiger partial charge on any atom is -0.477 e. The zero-order valence-electron chi connectivity index (χ0n) is 50.7. The van der Waals surface area contributed by atoms with Crippen molar-refractivity contribution in [2.24, 2.45) is 0 Å². The molecule has 0 saturated heterocycles. The number of Topliss-reactive ketones (excluding diaryl/α,β-unsaturated/α-hetero) is 1. The molecule has 12 aromatic heterocycles. The van der Waals surface area contributed by atoms with E-state index < -0.39 is 22.6 Å². The van der Waals surface area contributed by atoms with E-state index in [1.165, 1.54) is 86.7 Å². The molecule has 1 atom stereocenters. The van der Waals surface area contributed by atoms with Crippen LogP contribution in [0.2, 0.25) is 0 Å². The molecule has 0 spiro atoms. The third kappa shape index (κ3) is 25.2. The van der Waals surface area contributed by atoms with E-state index in [1.54, 1.807) is 90.4 Å². The number of fused-ring (bicyclic) bond motifs is 4. The number of ketones is 1. The van der Waals surface area contributed by atoms with E-state index in [1.807, 2.05) is 24.6 Å². The van der Waals surface area contributed by atoms with Gasteiger partial charge in [-0.2, -0.15) is 13.2 Å². The van der Waals surface area contributed by atoms with Crippen LogP contribution in [0.3, 0.4) is 0 Å². The third-order valence-electron chi connectivity index (χ3n) is 12.1. The summed E-state index contributed by atoms with van der Waals surface area (Å²) in [4.78, 5) is 98.3. The first-order valence-corrected chi connectivity index (χ1v) is 37.6. The lowest BCUT2D eigenvalue weighted by Gasteiger charge is -2.08. The summed E-state index contributed by atoms with van der Waals surface area (Å²) in [5.74, 6) is -1.50. The van der Waals surface area contributed by atoms with Crippen LogP contribution in [0.15, 0.2) is 170 Å². The van der Waals surface area contributed by atoms with Gasteiger partial charge in [-0.25, -0.2) is 64.4 Å². The summed E-state index contributed by atoms with van der Waals surface area (Å²) in [6, 6.07) is 16.9. The Balaban J connectivity index is 0.000000171. The number of carbonyl (C=O) groups is 3. The molecule has 99 heavy (non-hydrogen) atoms. The molecule has 0 fully saturated rings. The Morgan fingerprint density at radius 3 is 1.60 bits per heavy atom. The average molecular weight is 1900 g/mol. The van der Waals surface area contributed by atoms with Crippen molar-refractivity contribution in [2.45, 2.75) is 45.2 Å². The fraction of sp³-hybridized carbons (Fsp3) is 0.150. The van der Waals surface area contributed by atoms with Gasteiger partial charge in [-0.15, -0.1) is 56.7 Å². The average Bonchev–Trinajstić information content (AvgIpc) is 1.78. The van der Waals surface area contributed by atoms with Gasteiger partial charge >= 0.3 is 23.8 Å². The lowest BCUT2D eigenvalue weighted by molar-refractivity contribution is -0.386. The standard InChI is InChI=1S/C20H15F3N4OS2.C11H12N2O2S.C7H4N2O2S.C6H6Br2N2O.C6H3BrN2S.C5H2Br2N2O2.C5H4Br2N2/c1-11(6-16(28)14-7-17-15(8-24-14)26-10-29-17)18-9-25-19(30-18)27-13-4-2-12(3-5-13)20(21,22)23;1-2-3-4-15-11(14)8-5-10-9(6-12-8)13-7-16-10;10-7(11)4-1-6-5(2-8-4)9-3-12-6;1-11-10-5-3-9-6(8)2-4(5)7;7-6-1-5-4(2-8-6)9-3-10-5;6-3-1-5(7)8-2-4(3)9(10)11;6-3-1-5(7)9-2-4(3)8/h2-5,7-11H,6H2,1H3,(H,25,27);5-7H,2-4H2,1H3;1-3H,(H,10,11);2-3,10H,1H3;1-3H;1-2H;1-2H,8H2. The van der Waals surface area contributed by atoms with Gasteiger partial charge in [-0.3, -0.25) is 30.2 Å². The number of carbonyl (C=O) groups excluding carboxylic acids is 2. The smallest absolute Gasteiger partial charge is 0.416 e. The zero-order valence-corrected chi connectivity index (χ0v) is 65.9. The van der Waals surface area contributed by atoms with Crippen LogP contribution in [0, 0.1) is 10.1 Å². The Kier molecular flexibility index (Phi) is 31.4. The number of esters is 1. The van der Waals surface area contributed by atoms with Crippen molar-refractivity contribution in [3.05, 3.63) is 208 Å². The number of aromatic carboxylic acids is 1. The van der Waals surface area contributed by atoms with Crippen molar-refractivity contribution < 1.29 is 47.2 Å². The van der Waals surface area contributed by atoms with Gasteiger partial charge in [-0.1, -0.05) is 20.3 Å². The van der Waals surface area contributed by atoms with E-state index in [2.05, 4.69) is 189 Å².